The van der Waals surface area contributed by atoms with Crippen molar-refractivity contribution in [2.24, 2.45) is 0 Å². The minimum atomic E-state index is -3.78. The average Bonchev–Trinajstić information content (AvgIpc) is 2.66. The van der Waals surface area contributed by atoms with E-state index in [4.69, 9.17) is 0 Å². The zero-order valence-electron chi connectivity index (χ0n) is 14.4. The molecule has 0 aliphatic rings. The molecule has 0 heterocycles. The van der Waals surface area contributed by atoms with Crippen LogP contribution in [0.4, 0.5) is 0 Å². The monoisotopic (exact) mass is 451 g/mol. The van der Waals surface area contributed by atoms with Crippen molar-refractivity contribution in [2.45, 2.75) is 0 Å². The van der Waals surface area contributed by atoms with Crippen molar-refractivity contribution in [3.63, 3.8) is 0 Å². The molecule has 0 aromatic heterocycles. The Hall–Kier alpha value is -2.49. The molecule has 7 nitrogen and oxygen atoms in total. The Morgan fingerprint density at radius 3 is 2.30 bits per heavy atom. The molecule has 0 aliphatic carbocycles. The van der Waals surface area contributed by atoms with Crippen LogP contribution in [0, 0.1) is 0 Å². The van der Waals surface area contributed by atoms with Crippen LogP contribution >= 0.6 is 15.9 Å². The van der Waals surface area contributed by atoms with Gasteiger partial charge in [-0.05, 0) is 35.9 Å². The molecule has 0 saturated heterocycles. The van der Waals surface area contributed by atoms with Crippen LogP contribution in [0.25, 0.3) is 6.08 Å². The third kappa shape index (κ3) is 6.63. The van der Waals surface area contributed by atoms with Crippen LogP contribution in [-0.2, 0) is 14.8 Å². The van der Waals surface area contributed by atoms with E-state index in [1.54, 1.807) is 48.5 Å². The van der Waals surface area contributed by atoms with E-state index in [1.807, 2.05) is 6.07 Å². The van der Waals surface area contributed by atoms with Crippen molar-refractivity contribution >= 4 is 43.8 Å². The summed E-state index contributed by atoms with van der Waals surface area (Å²) in [6, 6.07) is 15.5. The summed E-state index contributed by atoms with van der Waals surface area (Å²) in [5.74, 6) is -1.18. The Kier molecular flexibility index (Phi) is 7.28. The molecule has 2 N–H and O–H groups in total. The largest absolute Gasteiger partial charge is 0.272 e. The molecular formula is C18H18BrN3O4S. The zero-order chi connectivity index (χ0) is 19.9. The highest BCUT2D eigenvalue weighted by atomic mass is 79.9. The van der Waals surface area contributed by atoms with E-state index in [0.29, 0.717) is 5.56 Å². The second kappa shape index (κ2) is 9.45. The normalized spacial score (nSPS) is 11.5. The summed E-state index contributed by atoms with van der Waals surface area (Å²) in [6.07, 6.45) is 1.44. The van der Waals surface area contributed by atoms with Crippen molar-refractivity contribution in [1.82, 2.24) is 15.2 Å². The fraction of sp³-hybridized carbons (Fsp3) is 0.111. The minimum absolute atomic E-state index is 0.352. The fourth-order valence-corrected chi connectivity index (χ4v) is 3.06. The number of hydrazine groups is 1. The highest BCUT2D eigenvalue weighted by Crippen LogP contribution is 2.10. The summed E-state index contributed by atoms with van der Waals surface area (Å²) in [5, 5.41) is 1.02. The molecule has 0 spiro atoms. The molecule has 0 unspecified atom stereocenters. The second-order valence-electron chi connectivity index (χ2n) is 5.52. The van der Waals surface area contributed by atoms with E-state index in [1.165, 1.54) is 13.1 Å². The SMILES string of the molecule is CN(CC(=O)NNC(=O)c1ccc(Br)cc1)S(=O)(=O)C=Cc1ccccc1. The van der Waals surface area contributed by atoms with Crippen LogP contribution in [0.3, 0.4) is 0 Å². The molecule has 2 aromatic carbocycles. The number of nitrogens with one attached hydrogen (secondary N) is 2. The van der Waals surface area contributed by atoms with Crippen LogP contribution in [0.15, 0.2) is 64.5 Å². The Morgan fingerprint density at radius 2 is 1.67 bits per heavy atom. The van der Waals surface area contributed by atoms with Crippen molar-refractivity contribution in [3.05, 3.63) is 75.6 Å². The van der Waals surface area contributed by atoms with Crippen LogP contribution < -0.4 is 10.9 Å². The van der Waals surface area contributed by atoms with Crippen LogP contribution in [0.1, 0.15) is 15.9 Å². The molecule has 9 heteroatoms. The molecule has 2 amide bonds. The smallest absolute Gasteiger partial charge is 0.269 e. The van der Waals surface area contributed by atoms with E-state index in [-0.39, 0.29) is 0 Å². The van der Waals surface area contributed by atoms with Gasteiger partial charge in [0.2, 0.25) is 10.0 Å². The van der Waals surface area contributed by atoms with E-state index >= 15 is 0 Å². The number of likely N-dealkylation sites (N-methyl/N-ethyl adjacent to an activating group) is 1. The molecule has 0 bridgehead atoms. The number of nitrogens with zero attached hydrogens (tertiary/aromatic N) is 1. The summed E-state index contributed by atoms with van der Waals surface area (Å²) in [5.41, 5.74) is 5.51. The van der Waals surface area contributed by atoms with E-state index in [9.17, 15) is 18.0 Å². The van der Waals surface area contributed by atoms with E-state index in [0.717, 1.165) is 19.7 Å². The third-order valence-corrected chi connectivity index (χ3v) is 5.46. The molecule has 0 radical (unpaired) electrons. The first-order valence-electron chi connectivity index (χ1n) is 7.82. The third-order valence-electron chi connectivity index (χ3n) is 3.45. The van der Waals surface area contributed by atoms with Gasteiger partial charge < -0.3 is 0 Å². The zero-order valence-corrected chi connectivity index (χ0v) is 16.8. The lowest BCUT2D eigenvalue weighted by molar-refractivity contribution is -0.121. The summed E-state index contributed by atoms with van der Waals surface area (Å²) in [4.78, 5) is 23.8. The number of carbonyl (C=O) groups excluding carboxylic acids is 2. The summed E-state index contributed by atoms with van der Waals surface area (Å²) in [6.45, 7) is -0.442. The first-order chi connectivity index (χ1) is 12.8. The highest BCUT2D eigenvalue weighted by molar-refractivity contribution is 9.10. The Morgan fingerprint density at radius 1 is 1.04 bits per heavy atom. The van der Waals surface area contributed by atoms with Crippen molar-refractivity contribution < 1.29 is 18.0 Å². The molecule has 2 aromatic rings. The van der Waals surface area contributed by atoms with Crippen LogP contribution in [-0.4, -0.2) is 38.1 Å². The van der Waals surface area contributed by atoms with Crippen LogP contribution in [0.5, 0.6) is 0 Å². The Balaban J connectivity index is 1.87. The molecule has 0 aliphatic heterocycles. The van der Waals surface area contributed by atoms with Gasteiger partial charge in [0, 0.05) is 22.5 Å². The summed E-state index contributed by atoms with van der Waals surface area (Å²) >= 11 is 3.26. The first kappa shape index (κ1) is 20.8. The van der Waals surface area contributed by atoms with Crippen LogP contribution in [0.2, 0.25) is 0 Å². The number of carbonyl (C=O) groups is 2. The quantitative estimate of drug-likeness (QED) is 0.657. The number of hydrogen-bond donors (Lipinski definition) is 2. The molecule has 142 valence electrons. The average molecular weight is 452 g/mol. The number of hydrogen-bond acceptors (Lipinski definition) is 4. The molecule has 27 heavy (non-hydrogen) atoms. The molecule has 2 rings (SSSR count). The standard InChI is InChI=1S/C18H18BrN3O4S/c1-22(27(25,26)12-11-14-5-3-2-4-6-14)13-17(23)20-21-18(24)15-7-9-16(19)10-8-15/h2-12H,13H2,1H3,(H,20,23)(H,21,24). The lowest BCUT2D eigenvalue weighted by atomic mass is 10.2. The molecular weight excluding hydrogens is 434 g/mol. The molecule has 0 saturated carbocycles. The Labute approximate surface area is 166 Å². The van der Waals surface area contributed by atoms with Gasteiger partial charge in [-0.15, -0.1) is 0 Å². The number of sulfonamides is 1. The fourth-order valence-electron chi connectivity index (χ4n) is 1.96. The lowest BCUT2D eigenvalue weighted by Gasteiger charge is -2.14. The minimum Gasteiger partial charge on any atom is -0.272 e. The van der Waals surface area contributed by atoms with Crippen molar-refractivity contribution in [2.75, 3.05) is 13.6 Å². The predicted molar refractivity (Wildman–Crippen MR) is 107 cm³/mol. The van der Waals surface area contributed by atoms with Gasteiger partial charge in [0.1, 0.15) is 0 Å². The molecule has 0 fully saturated rings. The Bertz CT molecular complexity index is 929. The number of amides is 2. The van der Waals surface area contributed by atoms with Gasteiger partial charge in [-0.1, -0.05) is 46.3 Å². The number of rotatable bonds is 6. The number of halogens is 1. The highest BCUT2D eigenvalue weighted by Gasteiger charge is 2.18. The first-order valence-corrected chi connectivity index (χ1v) is 10.1. The van der Waals surface area contributed by atoms with Crippen molar-refractivity contribution in [1.29, 1.82) is 0 Å². The maximum absolute atomic E-state index is 12.2. The molecule has 0 atom stereocenters. The number of benzene rings is 2. The maximum atomic E-state index is 12.2. The van der Waals surface area contributed by atoms with Gasteiger partial charge in [-0.3, -0.25) is 20.4 Å². The summed E-state index contributed by atoms with van der Waals surface area (Å²) < 4.78 is 26.1. The predicted octanol–water partition coefficient (Wildman–Crippen LogP) is 2.14. The maximum Gasteiger partial charge on any atom is 0.269 e. The van der Waals surface area contributed by atoms with Gasteiger partial charge in [0.25, 0.3) is 11.8 Å². The lowest BCUT2D eigenvalue weighted by Crippen LogP contribution is -2.46. The van der Waals surface area contributed by atoms with Gasteiger partial charge in [-0.2, -0.15) is 4.31 Å². The second-order valence-corrected chi connectivity index (χ2v) is 8.36. The van der Waals surface area contributed by atoms with Gasteiger partial charge >= 0.3 is 0 Å². The van der Waals surface area contributed by atoms with E-state index in [2.05, 4.69) is 26.8 Å². The van der Waals surface area contributed by atoms with Crippen molar-refractivity contribution in [3.8, 4) is 0 Å². The summed E-state index contributed by atoms with van der Waals surface area (Å²) in [7, 11) is -2.50. The van der Waals surface area contributed by atoms with Gasteiger partial charge in [0.15, 0.2) is 0 Å². The topological polar surface area (TPSA) is 95.6 Å². The van der Waals surface area contributed by atoms with Gasteiger partial charge in [0.05, 0.1) is 6.54 Å². The van der Waals surface area contributed by atoms with E-state index < -0.39 is 28.4 Å². The van der Waals surface area contributed by atoms with Gasteiger partial charge in [-0.25, -0.2) is 8.42 Å².